The molecule has 0 bridgehead atoms. The highest BCUT2D eigenvalue weighted by molar-refractivity contribution is 7.93. The number of rotatable bonds is 5. The maximum atomic E-state index is 13.9. The third-order valence-corrected chi connectivity index (χ3v) is 6.91. The van der Waals surface area contributed by atoms with Gasteiger partial charge < -0.3 is 9.84 Å². The summed E-state index contributed by atoms with van der Waals surface area (Å²) in [5.74, 6) is -0.941. The second kappa shape index (κ2) is 8.88. The predicted octanol–water partition coefficient (Wildman–Crippen LogP) is 4.99. The Morgan fingerprint density at radius 3 is 2.59 bits per heavy atom. The van der Waals surface area contributed by atoms with E-state index in [1.165, 1.54) is 22.9 Å². The van der Waals surface area contributed by atoms with Crippen molar-refractivity contribution in [1.82, 2.24) is 4.98 Å². The molecule has 0 aliphatic carbocycles. The molecular formula is C23H20F4N2O4S. The minimum atomic E-state index is -5.71. The highest BCUT2D eigenvalue weighted by Crippen LogP contribution is 2.44. The van der Waals surface area contributed by atoms with E-state index in [9.17, 15) is 31.1 Å². The molecule has 0 fully saturated rings. The number of hydrogen-bond acceptors (Lipinski definition) is 5. The number of pyridine rings is 1. The number of alkyl halides is 3. The van der Waals surface area contributed by atoms with Crippen LogP contribution >= 0.6 is 0 Å². The Hall–Kier alpha value is -3.18. The first-order chi connectivity index (χ1) is 16.0. The maximum Gasteiger partial charge on any atom is 0.516 e. The summed E-state index contributed by atoms with van der Waals surface area (Å²) in [6.45, 7) is 2.07. The van der Waals surface area contributed by atoms with E-state index >= 15 is 0 Å². The van der Waals surface area contributed by atoms with Gasteiger partial charge in [0.1, 0.15) is 11.6 Å². The topological polar surface area (TPSA) is 88.5 Å². The summed E-state index contributed by atoms with van der Waals surface area (Å²) in [4.78, 5) is 4.32. The Bertz CT molecular complexity index is 1300. The number of aromatic nitrogens is 1. The van der Waals surface area contributed by atoms with E-state index < -0.39 is 33.1 Å². The molecule has 0 spiro atoms. The van der Waals surface area contributed by atoms with Crippen molar-refractivity contribution in [2.45, 2.75) is 24.5 Å². The number of sulfonamides is 1. The minimum Gasteiger partial charge on any atom is -0.493 e. The molecule has 1 aromatic heterocycles. The summed E-state index contributed by atoms with van der Waals surface area (Å²) in [6.07, 6.45) is 0.747. The molecule has 2 N–H and O–H groups in total. The highest BCUT2D eigenvalue weighted by Gasteiger charge is 2.46. The molecular weight excluding hydrogens is 476 g/mol. The molecule has 6 nitrogen and oxygen atoms in total. The number of hydrogen-bond donors (Lipinski definition) is 2. The Morgan fingerprint density at radius 1 is 1.15 bits per heavy atom. The Labute approximate surface area is 193 Å². The quantitative estimate of drug-likeness (QED) is 0.486. The number of anilines is 1. The normalized spacial score (nSPS) is 19.1. The number of nitrogens with zero attached hydrogens (tertiary/aromatic N) is 1. The van der Waals surface area contributed by atoms with Crippen LogP contribution < -0.4 is 9.46 Å². The van der Waals surface area contributed by atoms with Crippen LogP contribution in [-0.2, 0) is 10.0 Å². The number of aliphatic hydroxyl groups is 1. The van der Waals surface area contributed by atoms with Crippen LogP contribution in [0, 0.1) is 11.7 Å². The number of fused-ring (bicyclic) bond motifs is 1. The van der Waals surface area contributed by atoms with Gasteiger partial charge in [-0.2, -0.15) is 21.6 Å². The lowest BCUT2D eigenvalue weighted by atomic mass is 9.82. The van der Waals surface area contributed by atoms with Crippen LogP contribution in [0.4, 0.5) is 23.2 Å². The zero-order chi connectivity index (χ0) is 24.7. The van der Waals surface area contributed by atoms with Crippen molar-refractivity contribution in [3.8, 4) is 16.9 Å². The number of benzene rings is 2. The van der Waals surface area contributed by atoms with Gasteiger partial charge in [0.25, 0.3) is 0 Å². The van der Waals surface area contributed by atoms with Gasteiger partial charge in [-0.3, -0.25) is 9.71 Å². The van der Waals surface area contributed by atoms with E-state index in [1.807, 2.05) is 19.1 Å². The molecule has 34 heavy (non-hydrogen) atoms. The zero-order valence-corrected chi connectivity index (χ0v) is 18.6. The smallest absolute Gasteiger partial charge is 0.493 e. The first kappa shape index (κ1) is 24.0. The van der Waals surface area contributed by atoms with E-state index in [1.54, 1.807) is 12.3 Å². The van der Waals surface area contributed by atoms with Crippen molar-refractivity contribution in [3.63, 3.8) is 0 Å². The first-order valence-corrected chi connectivity index (χ1v) is 11.7. The number of aliphatic hydroxyl groups excluding tert-OH is 1. The fourth-order valence-electron chi connectivity index (χ4n) is 3.91. The van der Waals surface area contributed by atoms with Gasteiger partial charge in [-0.15, -0.1) is 0 Å². The molecule has 11 heteroatoms. The average molecular weight is 496 g/mol. The van der Waals surface area contributed by atoms with Crippen molar-refractivity contribution < 1.29 is 35.8 Å². The number of nitrogens with one attached hydrogen (secondary N) is 1. The van der Waals surface area contributed by atoms with Gasteiger partial charge in [0.15, 0.2) is 0 Å². The summed E-state index contributed by atoms with van der Waals surface area (Å²) in [5, 5.41) is 11.0. The fraction of sp³-hybridized carbons (Fsp3) is 0.261. The van der Waals surface area contributed by atoms with Gasteiger partial charge in [0.05, 0.1) is 18.4 Å². The molecule has 3 atom stereocenters. The standard InChI is InChI=1S/C23H20F4N2O4S/c1-13(19-4-2-3-9-28-19)18-12-33-21-10-14(5-7-16(21)22(18)30)17-11-15(24)6-8-20(17)29-34(31,32)23(25,26)27/h2-11,13,18,22,29-30H,12H2,1H3/t13-,18+,22+/m0/s1. The molecule has 2 aromatic carbocycles. The second-order valence-corrected chi connectivity index (χ2v) is 9.63. The molecule has 2 heterocycles. The van der Waals surface area contributed by atoms with Crippen molar-refractivity contribution in [1.29, 1.82) is 0 Å². The predicted molar refractivity (Wildman–Crippen MR) is 117 cm³/mol. The average Bonchev–Trinajstić information content (AvgIpc) is 2.79. The van der Waals surface area contributed by atoms with Crippen LogP contribution in [0.25, 0.3) is 11.1 Å². The van der Waals surface area contributed by atoms with E-state index in [0.29, 0.717) is 5.56 Å². The number of ether oxygens (including phenoxy) is 1. The molecule has 3 aromatic rings. The highest BCUT2D eigenvalue weighted by atomic mass is 32.2. The molecule has 0 saturated heterocycles. The third-order valence-electron chi connectivity index (χ3n) is 5.81. The Morgan fingerprint density at radius 2 is 1.91 bits per heavy atom. The molecule has 0 amide bonds. The summed E-state index contributed by atoms with van der Waals surface area (Å²) in [6, 6.07) is 12.6. The molecule has 0 radical (unpaired) electrons. The minimum absolute atomic E-state index is 0.113. The van der Waals surface area contributed by atoms with Gasteiger partial charge in [-0.05, 0) is 42.0 Å². The molecule has 1 aliphatic rings. The van der Waals surface area contributed by atoms with E-state index in [2.05, 4.69) is 4.98 Å². The summed E-state index contributed by atoms with van der Waals surface area (Å²) in [7, 11) is -5.71. The van der Waals surface area contributed by atoms with Crippen molar-refractivity contribution in [3.05, 3.63) is 77.9 Å². The lowest BCUT2D eigenvalue weighted by molar-refractivity contribution is -0.0429. The van der Waals surface area contributed by atoms with Crippen LogP contribution in [0.15, 0.2) is 60.8 Å². The Balaban J connectivity index is 1.67. The van der Waals surface area contributed by atoms with Crippen LogP contribution in [0.3, 0.4) is 0 Å². The van der Waals surface area contributed by atoms with Crippen LogP contribution in [-0.4, -0.2) is 30.6 Å². The molecule has 0 unspecified atom stereocenters. The lowest BCUT2D eigenvalue weighted by Crippen LogP contribution is -2.30. The SMILES string of the molecule is C[C@H](c1ccccn1)[C@H]1COc2cc(-c3cc(F)ccc3NS(=O)(=O)C(F)(F)F)ccc2[C@H]1O. The van der Waals surface area contributed by atoms with Gasteiger partial charge in [0.2, 0.25) is 0 Å². The molecule has 4 rings (SSSR count). The van der Waals surface area contributed by atoms with Crippen molar-refractivity contribution in [2.75, 3.05) is 11.3 Å². The van der Waals surface area contributed by atoms with Gasteiger partial charge in [-0.1, -0.05) is 25.1 Å². The largest absolute Gasteiger partial charge is 0.516 e. The summed E-state index contributed by atoms with van der Waals surface area (Å²) < 4.78 is 83.0. The monoisotopic (exact) mass is 496 g/mol. The lowest BCUT2D eigenvalue weighted by Gasteiger charge is -2.34. The van der Waals surface area contributed by atoms with Gasteiger partial charge >= 0.3 is 15.5 Å². The van der Waals surface area contributed by atoms with E-state index in [-0.39, 0.29) is 35.3 Å². The van der Waals surface area contributed by atoms with Gasteiger partial charge in [0, 0.05) is 34.9 Å². The Kier molecular flexibility index (Phi) is 6.26. The summed E-state index contributed by atoms with van der Waals surface area (Å²) in [5.41, 5.74) is -4.65. The third kappa shape index (κ3) is 4.58. The van der Waals surface area contributed by atoms with Crippen LogP contribution in [0.5, 0.6) is 5.75 Å². The fourth-order valence-corrected chi connectivity index (χ4v) is 4.49. The number of halogens is 4. The second-order valence-electron chi connectivity index (χ2n) is 7.96. The molecule has 0 saturated carbocycles. The van der Waals surface area contributed by atoms with Crippen molar-refractivity contribution in [2.24, 2.45) is 5.92 Å². The van der Waals surface area contributed by atoms with Crippen molar-refractivity contribution >= 4 is 15.7 Å². The molecule has 180 valence electrons. The van der Waals surface area contributed by atoms with E-state index in [0.717, 1.165) is 23.9 Å². The van der Waals surface area contributed by atoms with E-state index in [4.69, 9.17) is 4.74 Å². The zero-order valence-electron chi connectivity index (χ0n) is 17.8. The van der Waals surface area contributed by atoms with Crippen LogP contribution in [0.1, 0.15) is 30.2 Å². The summed E-state index contributed by atoms with van der Waals surface area (Å²) >= 11 is 0. The maximum absolute atomic E-state index is 13.9. The first-order valence-electron chi connectivity index (χ1n) is 10.2. The van der Waals surface area contributed by atoms with Crippen LogP contribution in [0.2, 0.25) is 0 Å². The molecule has 1 aliphatic heterocycles. The van der Waals surface area contributed by atoms with Gasteiger partial charge in [-0.25, -0.2) is 4.39 Å².